The van der Waals surface area contributed by atoms with E-state index in [0.29, 0.717) is 17.3 Å². The summed E-state index contributed by atoms with van der Waals surface area (Å²) in [5.41, 5.74) is 0.680. The number of carbonyl (C=O) groups is 1. The Kier molecular flexibility index (Phi) is 4.42. The number of rotatable bonds is 2. The number of anilines is 1. The van der Waals surface area contributed by atoms with Crippen LogP contribution in [0.5, 0.6) is 0 Å². The first-order valence-electron chi connectivity index (χ1n) is 4.51. The molecule has 0 spiro atoms. The van der Waals surface area contributed by atoms with E-state index in [-0.39, 0.29) is 6.03 Å². The molecule has 0 aliphatic heterocycles. The van der Waals surface area contributed by atoms with E-state index >= 15 is 0 Å². The molecule has 1 N–H and O–H groups in total. The van der Waals surface area contributed by atoms with Crippen LogP contribution in [-0.4, -0.2) is 24.5 Å². The number of halogens is 2. The lowest BCUT2D eigenvalue weighted by Crippen LogP contribution is -2.30. The van der Waals surface area contributed by atoms with Gasteiger partial charge in [0.05, 0.1) is 0 Å². The summed E-state index contributed by atoms with van der Waals surface area (Å²) in [5.74, 6) is 0. The van der Waals surface area contributed by atoms with Gasteiger partial charge in [0.1, 0.15) is 0 Å². The van der Waals surface area contributed by atoms with Gasteiger partial charge in [-0.15, -0.1) is 0 Å². The third kappa shape index (κ3) is 3.72. The zero-order chi connectivity index (χ0) is 11.4. The molecule has 1 aromatic rings. The molecule has 0 radical (unpaired) electrons. The number of carbonyl (C=O) groups excluding carboxylic acids is 1. The number of amides is 2. The van der Waals surface area contributed by atoms with Crippen molar-refractivity contribution in [2.75, 3.05) is 18.9 Å². The van der Waals surface area contributed by atoms with E-state index in [1.54, 1.807) is 30.1 Å². The van der Waals surface area contributed by atoms with Crippen molar-refractivity contribution in [3.05, 3.63) is 27.7 Å². The number of hydrogen-bond donors (Lipinski definition) is 1. The van der Waals surface area contributed by atoms with Crippen LogP contribution in [0.2, 0.25) is 5.02 Å². The van der Waals surface area contributed by atoms with Crippen molar-refractivity contribution in [1.82, 2.24) is 4.90 Å². The zero-order valence-electron chi connectivity index (χ0n) is 8.55. The Hall–Kier alpha value is -0.740. The molecule has 0 saturated carbocycles. The molecule has 0 aromatic heterocycles. The van der Waals surface area contributed by atoms with Gasteiger partial charge < -0.3 is 10.2 Å². The van der Waals surface area contributed by atoms with E-state index in [4.69, 9.17) is 11.6 Å². The zero-order valence-corrected chi connectivity index (χ0v) is 10.9. The minimum atomic E-state index is -0.147. The van der Waals surface area contributed by atoms with Crippen molar-refractivity contribution in [2.24, 2.45) is 0 Å². The Morgan fingerprint density at radius 1 is 1.53 bits per heavy atom. The van der Waals surface area contributed by atoms with Crippen LogP contribution in [0.1, 0.15) is 6.92 Å². The fraction of sp³-hybridized carbons (Fsp3) is 0.300. The van der Waals surface area contributed by atoms with Crippen molar-refractivity contribution >= 4 is 39.2 Å². The lowest BCUT2D eigenvalue weighted by molar-refractivity contribution is 0.224. The summed E-state index contributed by atoms with van der Waals surface area (Å²) in [6.45, 7) is 2.57. The first-order valence-corrected chi connectivity index (χ1v) is 5.68. The molecule has 0 heterocycles. The standard InChI is InChI=1S/C10H12BrClN2O/c1-3-14(2)10(15)13-9-5-7(11)4-8(12)6-9/h4-6H,3H2,1-2H3,(H,13,15). The Bertz CT molecular complexity index is 350. The van der Waals surface area contributed by atoms with E-state index < -0.39 is 0 Å². The molecule has 3 nitrogen and oxygen atoms in total. The predicted octanol–water partition coefficient (Wildman–Crippen LogP) is 3.59. The molecule has 1 aromatic carbocycles. The Morgan fingerprint density at radius 3 is 2.73 bits per heavy atom. The fourth-order valence-corrected chi connectivity index (χ4v) is 1.85. The third-order valence-electron chi connectivity index (χ3n) is 1.93. The molecule has 0 aliphatic rings. The second kappa shape index (κ2) is 5.37. The van der Waals surface area contributed by atoms with Crippen molar-refractivity contribution in [2.45, 2.75) is 6.92 Å². The van der Waals surface area contributed by atoms with E-state index in [1.807, 2.05) is 6.92 Å². The van der Waals surface area contributed by atoms with E-state index in [1.165, 1.54) is 0 Å². The first-order chi connectivity index (χ1) is 7.02. The summed E-state index contributed by atoms with van der Waals surface area (Å²) in [5, 5.41) is 3.33. The maximum atomic E-state index is 11.5. The molecule has 0 unspecified atom stereocenters. The summed E-state index contributed by atoms with van der Waals surface area (Å²) in [6.07, 6.45) is 0. The molecular formula is C10H12BrClN2O. The average Bonchev–Trinajstić information content (AvgIpc) is 2.14. The molecule has 0 atom stereocenters. The molecule has 5 heteroatoms. The number of hydrogen-bond acceptors (Lipinski definition) is 1. The highest BCUT2D eigenvalue weighted by molar-refractivity contribution is 9.10. The van der Waals surface area contributed by atoms with Gasteiger partial charge in [0.25, 0.3) is 0 Å². The van der Waals surface area contributed by atoms with Gasteiger partial charge in [-0.1, -0.05) is 27.5 Å². The van der Waals surface area contributed by atoms with Crippen LogP contribution < -0.4 is 5.32 Å². The maximum absolute atomic E-state index is 11.5. The minimum absolute atomic E-state index is 0.147. The van der Waals surface area contributed by atoms with E-state index in [2.05, 4.69) is 21.2 Å². The number of nitrogens with one attached hydrogen (secondary N) is 1. The van der Waals surface area contributed by atoms with Crippen LogP contribution in [0, 0.1) is 0 Å². The number of urea groups is 1. The Morgan fingerprint density at radius 2 is 2.20 bits per heavy atom. The Balaban J connectivity index is 2.76. The second-order valence-corrected chi connectivity index (χ2v) is 4.45. The SMILES string of the molecule is CCN(C)C(=O)Nc1cc(Cl)cc(Br)c1. The van der Waals surface area contributed by atoms with Crippen LogP contribution >= 0.6 is 27.5 Å². The smallest absolute Gasteiger partial charge is 0.321 e. The van der Waals surface area contributed by atoms with Crippen molar-refractivity contribution in [3.63, 3.8) is 0 Å². The summed E-state index contributed by atoms with van der Waals surface area (Å²) < 4.78 is 0.837. The summed E-state index contributed by atoms with van der Waals surface area (Å²) in [7, 11) is 1.73. The molecule has 15 heavy (non-hydrogen) atoms. The van der Waals surface area contributed by atoms with Gasteiger partial charge in [-0.2, -0.15) is 0 Å². The lowest BCUT2D eigenvalue weighted by Gasteiger charge is -2.15. The van der Waals surface area contributed by atoms with Crippen LogP contribution in [0.25, 0.3) is 0 Å². The number of nitrogens with zero attached hydrogens (tertiary/aromatic N) is 1. The third-order valence-corrected chi connectivity index (χ3v) is 2.61. The average molecular weight is 292 g/mol. The molecule has 0 fully saturated rings. The van der Waals surface area contributed by atoms with Crippen LogP contribution in [-0.2, 0) is 0 Å². The van der Waals surface area contributed by atoms with Crippen LogP contribution in [0.15, 0.2) is 22.7 Å². The van der Waals surface area contributed by atoms with Gasteiger partial charge in [0.2, 0.25) is 0 Å². The highest BCUT2D eigenvalue weighted by Gasteiger charge is 2.07. The molecule has 2 amide bonds. The largest absolute Gasteiger partial charge is 0.328 e. The van der Waals surface area contributed by atoms with Gasteiger partial charge in [-0.3, -0.25) is 0 Å². The second-order valence-electron chi connectivity index (χ2n) is 3.10. The first kappa shape index (κ1) is 12.3. The maximum Gasteiger partial charge on any atom is 0.321 e. The normalized spacial score (nSPS) is 9.87. The van der Waals surface area contributed by atoms with Gasteiger partial charge in [0, 0.05) is 28.8 Å². The molecule has 1 rings (SSSR count). The summed E-state index contributed by atoms with van der Waals surface area (Å²) in [6, 6.07) is 5.12. The van der Waals surface area contributed by atoms with Crippen molar-refractivity contribution < 1.29 is 4.79 Å². The van der Waals surface area contributed by atoms with Gasteiger partial charge in [-0.25, -0.2) is 4.79 Å². The summed E-state index contributed by atoms with van der Waals surface area (Å²) in [4.78, 5) is 13.1. The van der Waals surface area contributed by atoms with Gasteiger partial charge >= 0.3 is 6.03 Å². The van der Waals surface area contributed by atoms with Crippen molar-refractivity contribution in [3.8, 4) is 0 Å². The minimum Gasteiger partial charge on any atom is -0.328 e. The number of benzene rings is 1. The molecule has 0 saturated heterocycles. The molecule has 0 bridgehead atoms. The highest BCUT2D eigenvalue weighted by Crippen LogP contribution is 2.22. The molecule has 0 aliphatic carbocycles. The fourth-order valence-electron chi connectivity index (χ4n) is 0.989. The monoisotopic (exact) mass is 290 g/mol. The quantitative estimate of drug-likeness (QED) is 0.887. The lowest BCUT2D eigenvalue weighted by atomic mass is 10.3. The van der Waals surface area contributed by atoms with Gasteiger partial charge in [-0.05, 0) is 25.1 Å². The van der Waals surface area contributed by atoms with E-state index in [9.17, 15) is 4.79 Å². The topological polar surface area (TPSA) is 32.3 Å². The van der Waals surface area contributed by atoms with Gasteiger partial charge in [0.15, 0.2) is 0 Å². The Labute approximate surface area is 103 Å². The molecule has 82 valence electrons. The summed E-state index contributed by atoms with van der Waals surface area (Å²) >= 11 is 9.16. The molecular weight excluding hydrogens is 279 g/mol. The van der Waals surface area contributed by atoms with Crippen LogP contribution in [0.4, 0.5) is 10.5 Å². The highest BCUT2D eigenvalue weighted by atomic mass is 79.9. The van der Waals surface area contributed by atoms with E-state index in [0.717, 1.165) is 4.47 Å². The van der Waals surface area contributed by atoms with Crippen LogP contribution in [0.3, 0.4) is 0 Å². The van der Waals surface area contributed by atoms with Crippen molar-refractivity contribution in [1.29, 1.82) is 0 Å². The predicted molar refractivity (Wildman–Crippen MR) is 66.5 cm³/mol.